The van der Waals surface area contributed by atoms with Crippen LogP contribution in [0.4, 0.5) is 5.69 Å². The highest BCUT2D eigenvalue weighted by atomic mass is 16.6. The molecular weight excluding hydrogens is 306 g/mol. The van der Waals surface area contributed by atoms with Crippen LogP contribution in [0.5, 0.6) is 0 Å². The molecule has 0 saturated carbocycles. The van der Waals surface area contributed by atoms with E-state index in [1.807, 2.05) is 42.5 Å². The molecule has 0 atom stereocenters. The number of benzene rings is 3. The van der Waals surface area contributed by atoms with Gasteiger partial charge < -0.3 is 0 Å². The first kappa shape index (κ1) is 15.4. The summed E-state index contributed by atoms with van der Waals surface area (Å²) in [6, 6.07) is 19.3. The van der Waals surface area contributed by atoms with E-state index in [9.17, 15) is 14.9 Å². The van der Waals surface area contributed by atoms with Gasteiger partial charge in [0.2, 0.25) is 0 Å². The Morgan fingerprint density at radius 3 is 2.54 bits per heavy atom. The molecule has 0 unspecified atom stereocenters. The molecule has 0 bridgehead atoms. The highest BCUT2D eigenvalue weighted by Crippen LogP contribution is 2.18. The summed E-state index contributed by atoms with van der Waals surface area (Å²) in [6.07, 6.45) is 1.52. The molecule has 3 aromatic carbocycles. The topological polar surface area (TPSA) is 84.6 Å². The number of amides is 1. The summed E-state index contributed by atoms with van der Waals surface area (Å²) in [7, 11) is 0. The van der Waals surface area contributed by atoms with Crippen LogP contribution in [-0.2, 0) is 0 Å². The molecular formula is C18H13N3O3. The van der Waals surface area contributed by atoms with Crippen molar-refractivity contribution in [3.63, 3.8) is 0 Å². The van der Waals surface area contributed by atoms with Crippen molar-refractivity contribution in [2.45, 2.75) is 0 Å². The molecule has 0 heterocycles. The fraction of sp³-hybridized carbons (Fsp3) is 0. The van der Waals surface area contributed by atoms with Gasteiger partial charge in [-0.1, -0.05) is 54.6 Å². The van der Waals surface area contributed by atoms with Crippen molar-refractivity contribution in [3.8, 4) is 0 Å². The highest BCUT2D eigenvalue weighted by Gasteiger charge is 2.18. The third-order valence-electron chi connectivity index (χ3n) is 3.54. The molecule has 24 heavy (non-hydrogen) atoms. The van der Waals surface area contributed by atoms with Gasteiger partial charge in [0.1, 0.15) is 5.56 Å². The maximum Gasteiger partial charge on any atom is 0.282 e. The number of hydrogen-bond donors (Lipinski definition) is 1. The molecule has 0 saturated heterocycles. The number of rotatable bonds is 4. The molecule has 0 spiro atoms. The van der Waals surface area contributed by atoms with Gasteiger partial charge in [-0.2, -0.15) is 5.10 Å². The summed E-state index contributed by atoms with van der Waals surface area (Å²) in [6.45, 7) is 0. The lowest BCUT2D eigenvalue weighted by Crippen LogP contribution is -2.18. The number of carbonyl (C=O) groups is 1. The monoisotopic (exact) mass is 319 g/mol. The SMILES string of the molecule is O=C(N/N=C/c1cccc2ccccc12)c1ccccc1[N+](=O)[O-]. The van der Waals surface area contributed by atoms with Crippen molar-refractivity contribution in [1.82, 2.24) is 5.43 Å². The lowest BCUT2D eigenvalue weighted by atomic mass is 10.1. The van der Waals surface area contributed by atoms with E-state index in [4.69, 9.17) is 0 Å². The predicted octanol–water partition coefficient (Wildman–Crippen LogP) is 3.51. The van der Waals surface area contributed by atoms with E-state index < -0.39 is 10.8 Å². The molecule has 0 aliphatic carbocycles. The third-order valence-corrected chi connectivity index (χ3v) is 3.54. The number of hydrogen-bond acceptors (Lipinski definition) is 4. The fourth-order valence-electron chi connectivity index (χ4n) is 2.41. The lowest BCUT2D eigenvalue weighted by molar-refractivity contribution is -0.385. The van der Waals surface area contributed by atoms with Crippen molar-refractivity contribution in [3.05, 3.63) is 88.0 Å². The van der Waals surface area contributed by atoms with Gasteiger partial charge in [-0.25, -0.2) is 5.43 Å². The molecule has 118 valence electrons. The van der Waals surface area contributed by atoms with Crippen LogP contribution >= 0.6 is 0 Å². The van der Waals surface area contributed by atoms with Crippen LogP contribution in [0.2, 0.25) is 0 Å². The second-order valence-corrected chi connectivity index (χ2v) is 5.04. The van der Waals surface area contributed by atoms with Gasteiger partial charge in [-0.3, -0.25) is 14.9 Å². The molecule has 6 nitrogen and oxygen atoms in total. The van der Waals surface area contributed by atoms with Crippen molar-refractivity contribution in [2.24, 2.45) is 5.10 Å². The number of nitrogens with zero attached hydrogens (tertiary/aromatic N) is 2. The normalized spacial score (nSPS) is 10.8. The van der Waals surface area contributed by atoms with Crippen LogP contribution in [0, 0.1) is 10.1 Å². The van der Waals surface area contributed by atoms with Crippen molar-refractivity contribution < 1.29 is 9.72 Å². The number of fused-ring (bicyclic) bond motifs is 1. The summed E-state index contributed by atoms with van der Waals surface area (Å²) in [5.74, 6) is -0.626. The van der Waals surface area contributed by atoms with Crippen molar-refractivity contribution in [1.29, 1.82) is 0 Å². The minimum atomic E-state index is -0.626. The molecule has 6 heteroatoms. The quantitative estimate of drug-likeness (QED) is 0.453. The first-order chi connectivity index (χ1) is 11.7. The minimum Gasteiger partial charge on any atom is -0.267 e. The first-order valence-electron chi connectivity index (χ1n) is 7.21. The summed E-state index contributed by atoms with van der Waals surface area (Å²) in [5, 5.41) is 16.9. The van der Waals surface area contributed by atoms with Gasteiger partial charge >= 0.3 is 0 Å². The maximum absolute atomic E-state index is 12.1. The third kappa shape index (κ3) is 3.12. The van der Waals surface area contributed by atoms with Crippen molar-refractivity contribution in [2.75, 3.05) is 0 Å². The largest absolute Gasteiger partial charge is 0.282 e. The van der Waals surface area contributed by atoms with Crippen LogP contribution in [-0.4, -0.2) is 17.0 Å². The Labute approximate surface area is 137 Å². The summed E-state index contributed by atoms with van der Waals surface area (Å²) in [5.41, 5.74) is 2.89. The molecule has 1 N–H and O–H groups in total. The molecule has 3 rings (SSSR count). The second-order valence-electron chi connectivity index (χ2n) is 5.04. The van der Waals surface area contributed by atoms with Gasteiger partial charge in [0.15, 0.2) is 0 Å². The molecule has 0 radical (unpaired) electrons. The van der Waals surface area contributed by atoms with Gasteiger partial charge in [-0.05, 0) is 16.8 Å². The summed E-state index contributed by atoms with van der Waals surface area (Å²) in [4.78, 5) is 22.5. The molecule has 0 aliphatic heterocycles. The number of carbonyl (C=O) groups excluding carboxylic acids is 1. The number of hydrazone groups is 1. The average molecular weight is 319 g/mol. The summed E-state index contributed by atoms with van der Waals surface area (Å²) < 4.78 is 0. The summed E-state index contributed by atoms with van der Waals surface area (Å²) >= 11 is 0. The van der Waals surface area contributed by atoms with E-state index in [0.29, 0.717) is 0 Å². The fourth-order valence-corrected chi connectivity index (χ4v) is 2.41. The average Bonchev–Trinajstić information content (AvgIpc) is 2.61. The molecule has 3 aromatic rings. The smallest absolute Gasteiger partial charge is 0.267 e. The Balaban J connectivity index is 1.81. The van der Waals surface area contributed by atoms with Gasteiger partial charge in [0.25, 0.3) is 11.6 Å². The number of para-hydroxylation sites is 1. The Hall–Kier alpha value is -3.54. The molecule has 0 fully saturated rings. The Morgan fingerprint density at radius 1 is 1.00 bits per heavy atom. The second kappa shape index (κ2) is 6.70. The predicted molar refractivity (Wildman–Crippen MR) is 92.1 cm³/mol. The van der Waals surface area contributed by atoms with E-state index in [1.165, 1.54) is 24.4 Å². The number of nitro benzene ring substituents is 1. The molecule has 1 amide bonds. The zero-order valence-electron chi connectivity index (χ0n) is 12.5. The van der Waals surface area contributed by atoms with E-state index in [2.05, 4.69) is 10.5 Å². The highest BCUT2D eigenvalue weighted by molar-refractivity contribution is 6.01. The maximum atomic E-state index is 12.1. The standard InChI is InChI=1S/C18H13N3O3/c22-18(16-10-3-4-11-17(16)21(23)24)20-19-12-14-8-5-7-13-6-1-2-9-15(13)14/h1-12H,(H,20,22)/b19-12+. The number of nitro groups is 1. The van der Waals surface area contributed by atoms with Crippen LogP contribution in [0.3, 0.4) is 0 Å². The Morgan fingerprint density at radius 2 is 1.71 bits per heavy atom. The van der Waals surface area contributed by atoms with Crippen molar-refractivity contribution >= 4 is 28.6 Å². The van der Waals surface area contributed by atoms with E-state index in [-0.39, 0.29) is 11.3 Å². The van der Waals surface area contributed by atoms with E-state index >= 15 is 0 Å². The number of nitrogens with one attached hydrogen (secondary N) is 1. The van der Waals surface area contributed by atoms with Crippen LogP contribution in [0.25, 0.3) is 10.8 Å². The zero-order chi connectivity index (χ0) is 16.9. The molecule has 0 aromatic heterocycles. The van der Waals surface area contributed by atoms with Gasteiger partial charge in [-0.15, -0.1) is 0 Å². The molecule has 0 aliphatic rings. The van der Waals surface area contributed by atoms with Crippen LogP contribution < -0.4 is 5.43 Å². The van der Waals surface area contributed by atoms with Crippen LogP contribution in [0.1, 0.15) is 15.9 Å². The van der Waals surface area contributed by atoms with Crippen LogP contribution in [0.15, 0.2) is 71.8 Å². The Kier molecular flexibility index (Phi) is 4.29. The van der Waals surface area contributed by atoms with E-state index in [1.54, 1.807) is 6.07 Å². The van der Waals surface area contributed by atoms with Gasteiger partial charge in [0.05, 0.1) is 11.1 Å². The van der Waals surface area contributed by atoms with Gasteiger partial charge in [0, 0.05) is 11.6 Å². The van der Waals surface area contributed by atoms with E-state index in [0.717, 1.165) is 16.3 Å². The Bertz CT molecular complexity index is 946. The lowest BCUT2D eigenvalue weighted by Gasteiger charge is -2.02. The minimum absolute atomic E-state index is 0.0300. The first-order valence-corrected chi connectivity index (χ1v) is 7.21. The zero-order valence-corrected chi connectivity index (χ0v) is 12.5.